The molecule has 12 heteroatoms. The quantitative estimate of drug-likeness (QED) is 0.443. The van der Waals surface area contributed by atoms with Crippen LogP contribution in [0.4, 0.5) is 20.5 Å². The number of rotatable bonds is 8. The molecule has 2 heterocycles. The monoisotopic (exact) mass is 539 g/mol. The lowest BCUT2D eigenvalue weighted by Crippen LogP contribution is -2.50. The maximum atomic E-state index is 15.2. The van der Waals surface area contributed by atoms with E-state index in [0.717, 1.165) is 0 Å². The van der Waals surface area contributed by atoms with Crippen LogP contribution in [0.3, 0.4) is 0 Å². The zero-order chi connectivity index (χ0) is 28.3. The van der Waals surface area contributed by atoms with E-state index in [2.05, 4.69) is 15.3 Å². The molecule has 1 saturated heterocycles. The van der Waals surface area contributed by atoms with Crippen molar-refractivity contribution in [2.24, 2.45) is 0 Å². The van der Waals surface area contributed by atoms with Crippen LogP contribution in [0.2, 0.25) is 0 Å². The average molecular weight is 540 g/mol. The van der Waals surface area contributed by atoms with Crippen molar-refractivity contribution in [3.8, 4) is 17.6 Å². The van der Waals surface area contributed by atoms with E-state index in [1.54, 1.807) is 11.0 Å². The number of ether oxygens (including phenoxy) is 2. The van der Waals surface area contributed by atoms with E-state index >= 15 is 4.39 Å². The molecule has 0 bridgehead atoms. The zero-order valence-electron chi connectivity index (χ0n) is 22.3. The first-order chi connectivity index (χ1) is 18.7. The van der Waals surface area contributed by atoms with Gasteiger partial charge in [0.15, 0.2) is 17.3 Å². The molecule has 4 rings (SSSR count). The standard InChI is InChI=1S/C27H31F2N7O3/c1-15(2)32-20(16-5-6-19(28)17(11-16)14-30)13-22(37)35-7-9-36(10-8-35)27-33-24-18(26(31)34-27)12-21(38-3)25(39-4)23(24)29/h5-6,11-12,15,20,32H,7-10,13H2,1-4H3,(H2,31,33,34). The van der Waals surface area contributed by atoms with Crippen molar-refractivity contribution in [3.63, 3.8) is 0 Å². The topological polar surface area (TPSA) is 130 Å². The molecule has 206 valence electrons. The Morgan fingerprint density at radius 2 is 1.87 bits per heavy atom. The lowest BCUT2D eigenvalue weighted by atomic mass is 9.99. The highest BCUT2D eigenvalue weighted by Crippen LogP contribution is 2.37. The maximum Gasteiger partial charge on any atom is 0.228 e. The minimum absolute atomic E-state index is 0.0206. The van der Waals surface area contributed by atoms with E-state index in [0.29, 0.717) is 37.1 Å². The zero-order valence-corrected chi connectivity index (χ0v) is 22.3. The predicted molar refractivity (Wildman–Crippen MR) is 143 cm³/mol. The number of hydrogen-bond acceptors (Lipinski definition) is 9. The summed E-state index contributed by atoms with van der Waals surface area (Å²) < 4.78 is 39.4. The number of halogens is 2. The molecular weight excluding hydrogens is 508 g/mol. The lowest BCUT2D eigenvalue weighted by Gasteiger charge is -2.36. The van der Waals surface area contributed by atoms with Gasteiger partial charge >= 0.3 is 0 Å². The first-order valence-electron chi connectivity index (χ1n) is 12.5. The van der Waals surface area contributed by atoms with Crippen LogP contribution < -0.4 is 25.4 Å². The number of nitrogens with two attached hydrogens (primary N) is 1. The second-order valence-corrected chi connectivity index (χ2v) is 9.53. The third-order valence-electron chi connectivity index (χ3n) is 6.64. The van der Waals surface area contributed by atoms with Crippen LogP contribution in [0.25, 0.3) is 10.9 Å². The molecule has 1 unspecified atom stereocenters. The van der Waals surface area contributed by atoms with Crippen LogP contribution in [-0.4, -0.2) is 67.2 Å². The number of carbonyl (C=O) groups excluding carboxylic acids is 1. The van der Waals surface area contributed by atoms with Gasteiger partial charge < -0.3 is 30.3 Å². The molecule has 1 aliphatic rings. The van der Waals surface area contributed by atoms with Crippen LogP contribution in [0.15, 0.2) is 24.3 Å². The Bertz CT molecular complexity index is 1420. The van der Waals surface area contributed by atoms with Crippen molar-refractivity contribution in [1.82, 2.24) is 20.2 Å². The van der Waals surface area contributed by atoms with E-state index in [9.17, 15) is 14.4 Å². The molecular formula is C27H31F2N7O3. The normalized spacial score (nSPS) is 14.4. The van der Waals surface area contributed by atoms with Gasteiger partial charge in [-0.25, -0.2) is 13.8 Å². The van der Waals surface area contributed by atoms with Gasteiger partial charge in [-0.2, -0.15) is 10.2 Å². The fraction of sp³-hybridized carbons (Fsp3) is 0.407. The van der Waals surface area contributed by atoms with E-state index in [-0.39, 0.29) is 58.8 Å². The van der Waals surface area contributed by atoms with Crippen molar-refractivity contribution in [3.05, 3.63) is 47.0 Å². The average Bonchev–Trinajstić information content (AvgIpc) is 2.92. The second-order valence-electron chi connectivity index (χ2n) is 9.53. The van der Waals surface area contributed by atoms with Gasteiger partial charge in [-0.1, -0.05) is 19.9 Å². The van der Waals surface area contributed by atoms with Crippen LogP contribution in [0, 0.1) is 23.0 Å². The number of hydrogen-bond donors (Lipinski definition) is 2. The Morgan fingerprint density at radius 1 is 1.15 bits per heavy atom. The number of nitrogen functional groups attached to an aromatic ring is 1. The fourth-order valence-electron chi connectivity index (χ4n) is 4.66. The van der Waals surface area contributed by atoms with E-state index in [1.165, 1.54) is 32.4 Å². The van der Waals surface area contributed by atoms with Gasteiger partial charge in [0.2, 0.25) is 11.9 Å². The number of carbonyl (C=O) groups is 1. The number of nitrogens with zero attached hydrogens (tertiary/aromatic N) is 5. The van der Waals surface area contributed by atoms with Crippen LogP contribution in [0.5, 0.6) is 11.5 Å². The lowest BCUT2D eigenvalue weighted by molar-refractivity contribution is -0.132. The van der Waals surface area contributed by atoms with Gasteiger partial charge in [0, 0.05) is 50.1 Å². The van der Waals surface area contributed by atoms with Crippen LogP contribution in [0.1, 0.15) is 37.4 Å². The highest BCUT2D eigenvalue weighted by atomic mass is 19.1. The first kappa shape index (κ1) is 27.8. The minimum Gasteiger partial charge on any atom is -0.493 e. The van der Waals surface area contributed by atoms with Crippen molar-refractivity contribution in [2.45, 2.75) is 32.4 Å². The van der Waals surface area contributed by atoms with E-state index in [1.807, 2.05) is 24.8 Å². The second kappa shape index (κ2) is 11.7. The molecule has 1 atom stereocenters. The Balaban J connectivity index is 1.49. The summed E-state index contributed by atoms with van der Waals surface area (Å²) in [5.41, 5.74) is 6.77. The molecule has 39 heavy (non-hydrogen) atoms. The number of aromatic nitrogens is 2. The molecule has 0 radical (unpaired) electrons. The smallest absolute Gasteiger partial charge is 0.228 e. The summed E-state index contributed by atoms with van der Waals surface area (Å²) >= 11 is 0. The van der Waals surface area contributed by atoms with Crippen molar-refractivity contribution < 1.29 is 23.0 Å². The summed E-state index contributed by atoms with van der Waals surface area (Å²) in [7, 11) is 2.74. The highest BCUT2D eigenvalue weighted by molar-refractivity contribution is 5.92. The van der Waals surface area contributed by atoms with Gasteiger partial charge in [-0.15, -0.1) is 0 Å². The molecule has 2 aromatic carbocycles. The highest BCUT2D eigenvalue weighted by Gasteiger charge is 2.27. The van der Waals surface area contributed by atoms with E-state index < -0.39 is 11.6 Å². The largest absolute Gasteiger partial charge is 0.493 e. The maximum absolute atomic E-state index is 15.2. The Hall–Kier alpha value is -4.24. The summed E-state index contributed by atoms with van der Waals surface area (Å²) in [4.78, 5) is 25.6. The number of nitriles is 1. The molecule has 1 aromatic heterocycles. The van der Waals surface area contributed by atoms with Crippen molar-refractivity contribution in [2.75, 3.05) is 51.0 Å². The molecule has 3 N–H and O–H groups in total. The van der Waals surface area contributed by atoms with Crippen molar-refractivity contribution >= 4 is 28.6 Å². The fourth-order valence-corrected chi connectivity index (χ4v) is 4.66. The number of fused-ring (bicyclic) bond motifs is 1. The summed E-state index contributed by atoms with van der Waals surface area (Å²) in [6, 6.07) is 7.37. The van der Waals surface area contributed by atoms with Gasteiger partial charge in [-0.05, 0) is 23.8 Å². The molecule has 1 amide bonds. The third-order valence-corrected chi connectivity index (χ3v) is 6.64. The van der Waals surface area contributed by atoms with Gasteiger partial charge in [-0.3, -0.25) is 4.79 Å². The number of amides is 1. The van der Waals surface area contributed by atoms with Crippen LogP contribution >= 0.6 is 0 Å². The van der Waals surface area contributed by atoms with Gasteiger partial charge in [0.05, 0.1) is 19.8 Å². The third kappa shape index (κ3) is 5.78. The van der Waals surface area contributed by atoms with Crippen LogP contribution in [-0.2, 0) is 4.79 Å². The molecule has 10 nitrogen and oxygen atoms in total. The van der Waals surface area contributed by atoms with Gasteiger partial charge in [0.1, 0.15) is 23.2 Å². The first-order valence-corrected chi connectivity index (χ1v) is 12.5. The predicted octanol–water partition coefficient (Wildman–Crippen LogP) is 3.16. The summed E-state index contributed by atoms with van der Waals surface area (Å²) in [5.74, 6) is -0.900. The number of nitrogens with one attached hydrogen (secondary N) is 1. The molecule has 0 aliphatic carbocycles. The molecule has 0 saturated carbocycles. The number of methoxy groups -OCH3 is 2. The minimum atomic E-state index is -0.694. The SMILES string of the molecule is COc1cc2c(N)nc(N3CCN(C(=O)CC(NC(C)C)c4ccc(F)c(C#N)c4)CC3)nc2c(F)c1OC. The Kier molecular flexibility index (Phi) is 8.30. The number of piperazine rings is 1. The summed E-state index contributed by atoms with van der Waals surface area (Å²) in [6.07, 6.45) is 0.140. The Labute approximate surface area is 225 Å². The molecule has 3 aromatic rings. The molecule has 1 fully saturated rings. The summed E-state index contributed by atoms with van der Waals surface area (Å²) in [6.45, 7) is 5.54. The Morgan fingerprint density at radius 3 is 2.49 bits per heavy atom. The summed E-state index contributed by atoms with van der Waals surface area (Å²) in [5, 5.41) is 12.9. The molecule has 1 aliphatic heterocycles. The van der Waals surface area contributed by atoms with Crippen molar-refractivity contribution in [1.29, 1.82) is 5.26 Å². The van der Waals surface area contributed by atoms with Gasteiger partial charge in [0.25, 0.3) is 0 Å². The molecule has 0 spiro atoms. The number of anilines is 2. The number of benzene rings is 2. The van der Waals surface area contributed by atoms with E-state index in [4.69, 9.17) is 15.2 Å².